The van der Waals surface area contributed by atoms with Gasteiger partial charge in [0.25, 0.3) is 5.91 Å². The van der Waals surface area contributed by atoms with Crippen molar-refractivity contribution in [2.45, 2.75) is 11.7 Å². The maximum Gasteiger partial charge on any atom is 0.254 e. The smallest absolute Gasteiger partial charge is 0.254 e. The molecule has 3 aromatic rings. The van der Waals surface area contributed by atoms with Crippen LogP contribution in [-0.2, 0) is 18.4 Å². The van der Waals surface area contributed by atoms with E-state index in [0.29, 0.717) is 35.1 Å². The highest BCUT2D eigenvalue weighted by Gasteiger charge is 2.16. The van der Waals surface area contributed by atoms with Crippen molar-refractivity contribution in [3.8, 4) is 6.07 Å². The first-order valence-electron chi connectivity index (χ1n) is 9.76. The molecule has 0 unspecified atom stereocenters. The molecule has 2 amide bonds. The average molecular weight is 447 g/mol. The number of nitriles is 1. The van der Waals surface area contributed by atoms with Gasteiger partial charge in [0.2, 0.25) is 5.91 Å². The van der Waals surface area contributed by atoms with Crippen molar-refractivity contribution in [2.24, 2.45) is 7.05 Å². The maximum absolute atomic E-state index is 13.1. The summed E-state index contributed by atoms with van der Waals surface area (Å²) in [4.78, 5) is 27.1. The van der Waals surface area contributed by atoms with E-state index in [1.807, 2.05) is 19.2 Å². The third-order valence-corrected chi connectivity index (χ3v) is 5.52. The van der Waals surface area contributed by atoms with Crippen LogP contribution in [0.3, 0.4) is 0 Å². The molecule has 0 saturated carbocycles. The largest absolute Gasteiger partial charge is 0.331 e. The van der Waals surface area contributed by atoms with Crippen LogP contribution in [0, 0.1) is 11.3 Å². The van der Waals surface area contributed by atoms with E-state index in [1.165, 1.54) is 11.8 Å². The Hall–Kier alpha value is -3.90. The van der Waals surface area contributed by atoms with Gasteiger partial charge in [-0.2, -0.15) is 5.26 Å². The highest BCUT2D eigenvalue weighted by molar-refractivity contribution is 7.99. The number of hydrogen-bond donors (Lipinski definition) is 1. The lowest BCUT2D eigenvalue weighted by Crippen LogP contribution is -2.30. The van der Waals surface area contributed by atoms with Crippen molar-refractivity contribution in [3.63, 3.8) is 0 Å². The monoisotopic (exact) mass is 446 g/mol. The molecule has 0 aliphatic rings. The maximum atomic E-state index is 13.1. The van der Waals surface area contributed by atoms with Crippen molar-refractivity contribution in [2.75, 3.05) is 17.6 Å². The van der Waals surface area contributed by atoms with Gasteiger partial charge in [-0.3, -0.25) is 9.59 Å². The van der Waals surface area contributed by atoms with Crippen LogP contribution in [0.2, 0.25) is 0 Å². The zero-order valence-electron chi connectivity index (χ0n) is 17.6. The molecular formula is C23H22N6O2S. The fraction of sp³-hybridized carbons (Fsp3) is 0.174. The molecule has 1 heterocycles. The van der Waals surface area contributed by atoms with Gasteiger partial charge in [0, 0.05) is 31.4 Å². The van der Waals surface area contributed by atoms with Crippen LogP contribution >= 0.6 is 11.8 Å². The van der Waals surface area contributed by atoms with Crippen molar-refractivity contribution in [1.29, 1.82) is 5.26 Å². The minimum absolute atomic E-state index is 0.173. The standard InChI is InChI=1S/C23H22N6O2S/c1-3-11-29(14-18-9-7-17(13-24)8-10-18)22(31)19-5-4-6-20(12-19)26-21(30)15-32-23-27-25-16-28(23)2/h3-10,12,16H,1,11,14-15H2,2H3,(H,26,30). The number of benzene rings is 2. The van der Waals surface area contributed by atoms with Crippen LogP contribution in [0.4, 0.5) is 5.69 Å². The van der Waals surface area contributed by atoms with E-state index in [2.05, 4.69) is 28.2 Å². The number of hydrogen-bond acceptors (Lipinski definition) is 6. The normalized spacial score (nSPS) is 10.2. The molecule has 3 rings (SSSR count). The van der Waals surface area contributed by atoms with Crippen LogP contribution in [0.5, 0.6) is 0 Å². The molecule has 0 atom stereocenters. The molecule has 0 saturated heterocycles. The fourth-order valence-electron chi connectivity index (χ4n) is 2.92. The van der Waals surface area contributed by atoms with Crippen molar-refractivity contribution in [1.82, 2.24) is 19.7 Å². The van der Waals surface area contributed by atoms with Gasteiger partial charge in [-0.25, -0.2) is 0 Å². The molecule has 8 nitrogen and oxygen atoms in total. The lowest BCUT2D eigenvalue weighted by Gasteiger charge is -2.22. The summed E-state index contributed by atoms with van der Waals surface area (Å²) in [7, 11) is 1.81. The van der Waals surface area contributed by atoms with Crippen LogP contribution in [0.25, 0.3) is 0 Å². The highest BCUT2D eigenvalue weighted by atomic mass is 32.2. The first-order chi connectivity index (χ1) is 15.5. The summed E-state index contributed by atoms with van der Waals surface area (Å²) >= 11 is 1.28. The van der Waals surface area contributed by atoms with Gasteiger partial charge in [0.05, 0.1) is 17.4 Å². The molecule has 1 aromatic heterocycles. The van der Waals surface area contributed by atoms with E-state index in [1.54, 1.807) is 58.3 Å². The second-order valence-electron chi connectivity index (χ2n) is 6.93. The van der Waals surface area contributed by atoms with Gasteiger partial charge in [0.1, 0.15) is 6.33 Å². The van der Waals surface area contributed by atoms with E-state index in [4.69, 9.17) is 5.26 Å². The molecule has 1 N–H and O–H groups in total. The molecule has 0 aliphatic heterocycles. The number of thioether (sulfide) groups is 1. The molecule has 162 valence electrons. The van der Waals surface area contributed by atoms with Gasteiger partial charge in [-0.05, 0) is 35.9 Å². The summed E-state index contributed by atoms with van der Waals surface area (Å²) in [6.45, 7) is 4.48. The zero-order chi connectivity index (χ0) is 22.9. The van der Waals surface area contributed by atoms with E-state index < -0.39 is 0 Å². The Labute approximate surface area is 190 Å². The number of aryl methyl sites for hydroxylation is 1. The Balaban J connectivity index is 1.66. The van der Waals surface area contributed by atoms with Crippen LogP contribution < -0.4 is 5.32 Å². The molecule has 9 heteroatoms. The average Bonchev–Trinajstić information content (AvgIpc) is 3.22. The van der Waals surface area contributed by atoms with Crippen molar-refractivity contribution in [3.05, 3.63) is 84.2 Å². The number of carbonyl (C=O) groups excluding carboxylic acids is 2. The van der Waals surface area contributed by atoms with Gasteiger partial charge < -0.3 is 14.8 Å². The Morgan fingerprint density at radius 1 is 1.28 bits per heavy atom. The van der Waals surface area contributed by atoms with Crippen LogP contribution in [0.15, 0.2) is 72.7 Å². The SMILES string of the molecule is C=CCN(Cc1ccc(C#N)cc1)C(=O)c1cccc(NC(=O)CSc2nncn2C)c1. The molecule has 0 spiro atoms. The lowest BCUT2D eigenvalue weighted by molar-refractivity contribution is -0.113. The minimum Gasteiger partial charge on any atom is -0.331 e. The van der Waals surface area contributed by atoms with Gasteiger partial charge in [-0.15, -0.1) is 16.8 Å². The second kappa shape index (κ2) is 10.9. The summed E-state index contributed by atoms with van der Waals surface area (Å²) in [5, 5.41) is 20.1. The summed E-state index contributed by atoms with van der Waals surface area (Å²) in [6, 6.07) is 16.0. The number of anilines is 1. The Morgan fingerprint density at radius 2 is 2.06 bits per heavy atom. The van der Waals surface area contributed by atoms with E-state index in [9.17, 15) is 9.59 Å². The quantitative estimate of drug-likeness (QED) is 0.400. The first-order valence-corrected chi connectivity index (χ1v) is 10.7. The summed E-state index contributed by atoms with van der Waals surface area (Å²) in [5.74, 6) is -0.214. The summed E-state index contributed by atoms with van der Waals surface area (Å²) in [5.41, 5.74) is 2.47. The zero-order valence-corrected chi connectivity index (χ0v) is 18.4. The minimum atomic E-state index is -0.205. The van der Waals surface area contributed by atoms with Crippen LogP contribution in [0.1, 0.15) is 21.5 Å². The van der Waals surface area contributed by atoms with Gasteiger partial charge in [0.15, 0.2) is 5.16 Å². The number of rotatable bonds is 9. The lowest BCUT2D eigenvalue weighted by atomic mass is 10.1. The first kappa shape index (κ1) is 22.8. The van der Waals surface area contributed by atoms with Crippen molar-refractivity contribution < 1.29 is 9.59 Å². The second-order valence-corrected chi connectivity index (χ2v) is 7.87. The molecule has 32 heavy (non-hydrogen) atoms. The molecule has 0 aliphatic carbocycles. The van der Waals surface area contributed by atoms with E-state index in [0.717, 1.165) is 5.56 Å². The molecule has 0 radical (unpaired) electrons. The number of nitrogens with zero attached hydrogens (tertiary/aromatic N) is 5. The third kappa shape index (κ3) is 6.06. The van der Waals surface area contributed by atoms with Crippen LogP contribution in [-0.4, -0.2) is 43.8 Å². The third-order valence-electron chi connectivity index (χ3n) is 4.49. The number of amides is 2. The molecular weight excluding hydrogens is 424 g/mol. The molecule has 0 fully saturated rings. The summed E-state index contributed by atoms with van der Waals surface area (Å²) < 4.78 is 1.74. The summed E-state index contributed by atoms with van der Waals surface area (Å²) in [6.07, 6.45) is 3.24. The van der Waals surface area contributed by atoms with E-state index >= 15 is 0 Å². The van der Waals surface area contributed by atoms with Gasteiger partial charge in [-0.1, -0.05) is 36.0 Å². The molecule has 0 bridgehead atoms. The Bertz CT molecular complexity index is 1150. The number of carbonyl (C=O) groups is 2. The Kier molecular flexibility index (Phi) is 7.78. The Morgan fingerprint density at radius 3 is 2.72 bits per heavy atom. The topological polar surface area (TPSA) is 104 Å². The predicted molar refractivity (Wildman–Crippen MR) is 123 cm³/mol. The number of nitrogens with one attached hydrogen (secondary N) is 1. The number of aromatic nitrogens is 3. The van der Waals surface area contributed by atoms with Gasteiger partial charge >= 0.3 is 0 Å². The van der Waals surface area contributed by atoms with E-state index in [-0.39, 0.29) is 17.6 Å². The highest BCUT2D eigenvalue weighted by Crippen LogP contribution is 2.17. The fourth-order valence-corrected chi connectivity index (χ4v) is 3.61. The van der Waals surface area contributed by atoms with Crippen molar-refractivity contribution >= 4 is 29.3 Å². The predicted octanol–water partition coefficient (Wildman–Crippen LogP) is 3.25. The molecule has 2 aromatic carbocycles.